The number of fused-ring (bicyclic) bond motifs is 1. The Hall–Kier alpha value is -2.06. The Balaban J connectivity index is 2.17. The van der Waals surface area contributed by atoms with E-state index >= 15 is 0 Å². The van der Waals surface area contributed by atoms with Gasteiger partial charge in [0.1, 0.15) is 0 Å². The zero-order chi connectivity index (χ0) is 13.8. The highest BCUT2D eigenvalue weighted by atomic mass is 16.1. The molecule has 1 aliphatic rings. The SMILES string of the molecule is CC#CC(=O)NCc1cc2c([nH]c1=O)CCN(C)C2. The van der Waals surface area contributed by atoms with Crippen molar-refractivity contribution in [3.63, 3.8) is 0 Å². The highest BCUT2D eigenvalue weighted by Crippen LogP contribution is 2.14. The van der Waals surface area contributed by atoms with Crippen molar-refractivity contribution in [3.05, 3.63) is 33.2 Å². The van der Waals surface area contributed by atoms with Crippen LogP contribution in [-0.2, 0) is 24.3 Å². The summed E-state index contributed by atoms with van der Waals surface area (Å²) in [6, 6.07) is 1.88. The van der Waals surface area contributed by atoms with Gasteiger partial charge < -0.3 is 15.2 Å². The average Bonchev–Trinajstić information content (AvgIpc) is 2.37. The largest absolute Gasteiger partial charge is 0.341 e. The lowest BCUT2D eigenvalue weighted by Gasteiger charge is -2.24. The van der Waals surface area contributed by atoms with Crippen molar-refractivity contribution in [1.82, 2.24) is 15.2 Å². The summed E-state index contributed by atoms with van der Waals surface area (Å²) >= 11 is 0. The first-order chi connectivity index (χ1) is 9.10. The van der Waals surface area contributed by atoms with E-state index in [-0.39, 0.29) is 18.0 Å². The molecule has 5 nitrogen and oxygen atoms in total. The molecule has 0 spiro atoms. The molecule has 0 unspecified atom stereocenters. The van der Waals surface area contributed by atoms with Crippen LogP contribution in [0.1, 0.15) is 23.7 Å². The average molecular weight is 259 g/mol. The van der Waals surface area contributed by atoms with Crippen molar-refractivity contribution < 1.29 is 4.79 Å². The summed E-state index contributed by atoms with van der Waals surface area (Å²) in [6.45, 7) is 3.58. The predicted molar refractivity (Wildman–Crippen MR) is 72.4 cm³/mol. The van der Waals surface area contributed by atoms with Gasteiger partial charge in [0.15, 0.2) is 0 Å². The number of H-pyrrole nitrogens is 1. The van der Waals surface area contributed by atoms with Gasteiger partial charge in [-0.15, -0.1) is 0 Å². The van der Waals surface area contributed by atoms with Crippen LogP contribution in [0, 0.1) is 11.8 Å². The molecule has 0 radical (unpaired) electrons. The number of hydrogen-bond donors (Lipinski definition) is 2. The van der Waals surface area contributed by atoms with Crippen molar-refractivity contribution in [1.29, 1.82) is 0 Å². The number of aromatic amines is 1. The summed E-state index contributed by atoms with van der Waals surface area (Å²) < 4.78 is 0. The molecule has 1 amide bonds. The minimum atomic E-state index is -0.364. The van der Waals surface area contributed by atoms with Crippen LogP contribution in [0.5, 0.6) is 0 Å². The summed E-state index contributed by atoms with van der Waals surface area (Å²) in [6.07, 6.45) is 0.856. The molecule has 1 aromatic heterocycles. The van der Waals surface area contributed by atoms with Gasteiger partial charge in [-0.25, -0.2) is 0 Å². The number of rotatable bonds is 2. The molecule has 2 heterocycles. The van der Waals surface area contributed by atoms with E-state index < -0.39 is 0 Å². The number of hydrogen-bond acceptors (Lipinski definition) is 3. The molecule has 0 saturated heterocycles. The highest BCUT2D eigenvalue weighted by molar-refractivity contribution is 5.93. The monoisotopic (exact) mass is 259 g/mol. The van der Waals surface area contributed by atoms with Gasteiger partial charge in [-0.1, -0.05) is 5.92 Å². The maximum atomic E-state index is 11.9. The van der Waals surface area contributed by atoms with Gasteiger partial charge in [0.2, 0.25) is 0 Å². The third kappa shape index (κ3) is 3.24. The zero-order valence-corrected chi connectivity index (χ0v) is 11.2. The van der Waals surface area contributed by atoms with Crippen molar-refractivity contribution in [2.24, 2.45) is 0 Å². The van der Waals surface area contributed by atoms with E-state index in [2.05, 4.69) is 27.0 Å². The molecule has 0 bridgehead atoms. The zero-order valence-electron chi connectivity index (χ0n) is 11.2. The van der Waals surface area contributed by atoms with Crippen LogP contribution in [0.4, 0.5) is 0 Å². The van der Waals surface area contributed by atoms with Crippen LogP contribution < -0.4 is 10.9 Å². The maximum absolute atomic E-state index is 11.9. The topological polar surface area (TPSA) is 65.2 Å². The fourth-order valence-corrected chi connectivity index (χ4v) is 2.16. The molecule has 100 valence electrons. The second kappa shape index (κ2) is 5.72. The number of carbonyl (C=O) groups is 1. The summed E-state index contributed by atoms with van der Waals surface area (Å²) in [4.78, 5) is 28.3. The van der Waals surface area contributed by atoms with Gasteiger partial charge in [0.25, 0.3) is 11.5 Å². The molecule has 1 aromatic rings. The first kappa shape index (κ1) is 13.4. The van der Waals surface area contributed by atoms with Crippen molar-refractivity contribution >= 4 is 5.91 Å². The van der Waals surface area contributed by atoms with Crippen molar-refractivity contribution in [2.75, 3.05) is 13.6 Å². The highest BCUT2D eigenvalue weighted by Gasteiger charge is 2.15. The number of amides is 1. The first-order valence-electron chi connectivity index (χ1n) is 6.23. The molecule has 0 fully saturated rings. The maximum Gasteiger partial charge on any atom is 0.296 e. The molecular formula is C14H17N3O2. The molecule has 2 rings (SSSR count). The number of nitrogens with one attached hydrogen (secondary N) is 2. The van der Waals surface area contributed by atoms with Gasteiger partial charge in [0.05, 0.1) is 0 Å². The smallest absolute Gasteiger partial charge is 0.296 e. The fraction of sp³-hybridized carbons (Fsp3) is 0.429. The molecule has 0 saturated carbocycles. The van der Waals surface area contributed by atoms with Gasteiger partial charge >= 0.3 is 0 Å². The Kier molecular flexibility index (Phi) is 4.03. The molecule has 0 aliphatic carbocycles. The second-order valence-corrected chi connectivity index (χ2v) is 4.67. The summed E-state index contributed by atoms with van der Waals surface area (Å²) in [7, 11) is 2.05. The molecule has 0 atom stereocenters. The lowest BCUT2D eigenvalue weighted by molar-refractivity contribution is -0.115. The number of nitrogens with zero attached hydrogens (tertiary/aromatic N) is 1. The Bertz CT molecular complexity index is 607. The van der Waals surface area contributed by atoms with Gasteiger partial charge in [-0.05, 0) is 31.5 Å². The summed E-state index contributed by atoms with van der Waals surface area (Å²) in [5.74, 6) is 4.54. The second-order valence-electron chi connectivity index (χ2n) is 4.67. The molecule has 1 aliphatic heterocycles. The van der Waals surface area contributed by atoms with E-state index in [0.717, 1.165) is 30.8 Å². The molecule has 2 N–H and O–H groups in total. The molecule has 19 heavy (non-hydrogen) atoms. The van der Waals surface area contributed by atoms with Crippen molar-refractivity contribution in [3.8, 4) is 11.8 Å². The van der Waals surface area contributed by atoms with Crippen LogP contribution in [0.2, 0.25) is 0 Å². The minimum Gasteiger partial charge on any atom is -0.341 e. The normalized spacial score (nSPS) is 14.2. The Morgan fingerprint density at radius 3 is 3.11 bits per heavy atom. The number of likely N-dealkylation sites (N-methyl/N-ethyl adjacent to an activating group) is 1. The Morgan fingerprint density at radius 1 is 1.58 bits per heavy atom. The molecule has 5 heteroatoms. The minimum absolute atomic E-state index is 0.131. The third-order valence-electron chi connectivity index (χ3n) is 3.15. The van der Waals surface area contributed by atoms with E-state index in [1.165, 1.54) is 0 Å². The standard InChI is InChI=1S/C14H17N3O2/c1-3-4-13(18)15-8-10-7-11-9-17(2)6-5-12(11)16-14(10)19/h7H,5-6,8-9H2,1-2H3,(H,15,18)(H,16,19). The quantitative estimate of drug-likeness (QED) is 0.735. The van der Waals surface area contributed by atoms with Gasteiger partial charge in [0, 0.05) is 37.3 Å². The van der Waals surface area contributed by atoms with E-state index in [4.69, 9.17) is 0 Å². The van der Waals surface area contributed by atoms with Crippen LogP contribution in [-0.4, -0.2) is 29.4 Å². The lowest BCUT2D eigenvalue weighted by Crippen LogP contribution is -2.32. The van der Waals surface area contributed by atoms with Gasteiger partial charge in [-0.2, -0.15) is 0 Å². The van der Waals surface area contributed by atoms with Crippen LogP contribution >= 0.6 is 0 Å². The van der Waals surface area contributed by atoms with E-state index in [0.29, 0.717) is 5.56 Å². The van der Waals surface area contributed by atoms with E-state index in [1.807, 2.05) is 13.1 Å². The van der Waals surface area contributed by atoms with E-state index in [9.17, 15) is 9.59 Å². The first-order valence-corrected chi connectivity index (χ1v) is 6.23. The van der Waals surface area contributed by atoms with Crippen LogP contribution in [0.15, 0.2) is 10.9 Å². The summed E-state index contributed by atoms with van der Waals surface area (Å²) in [5, 5.41) is 2.61. The van der Waals surface area contributed by atoms with E-state index in [1.54, 1.807) is 6.92 Å². The van der Waals surface area contributed by atoms with Crippen LogP contribution in [0.25, 0.3) is 0 Å². The number of carbonyl (C=O) groups excluding carboxylic acids is 1. The fourth-order valence-electron chi connectivity index (χ4n) is 2.16. The Labute approximate surface area is 112 Å². The molecule has 0 aromatic carbocycles. The van der Waals surface area contributed by atoms with Crippen molar-refractivity contribution in [2.45, 2.75) is 26.4 Å². The Morgan fingerprint density at radius 2 is 2.37 bits per heavy atom. The predicted octanol–water partition coefficient (Wildman–Crippen LogP) is 0.00230. The lowest BCUT2D eigenvalue weighted by atomic mass is 10.0. The summed E-state index contributed by atoms with van der Waals surface area (Å²) in [5.41, 5.74) is 2.57. The number of pyridine rings is 1. The number of aromatic nitrogens is 1. The molecular weight excluding hydrogens is 242 g/mol. The van der Waals surface area contributed by atoms with Gasteiger partial charge in [-0.3, -0.25) is 9.59 Å². The van der Waals surface area contributed by atoms with Crippen LogP contribution in [0.3, 0.4) is 0 Å². The third-order valence-corrected chi connectivity index (χ3v) is 3.15.